The predicted octanol–water partition coefficient (Wildman–Crippen LogP) is 3.48. The minimum Gasteiger partial charge on any atom is -0.493 e. The number of hydrogen-bond donors (Lipinski definition) is 1. The van der Waals surface area contributed by atoms with Crippen molar-refractivity contribution in [3.63, 3.8) is 0 Å². The van der Waals surface area contributed by atoms with Crippen molar-refractivity contribution in [2.24, 2.45) is 0 Å². The number of benzene rings is 2. The van der Waals surface area contributed by atoms with Crippen molar-refractivity contribution in [1.82, 2.24) is 0 Å². The number of esters is 1. The van der Waals surface area contributed by atoms with Gasteiger partial charge in [-0.25, -0.2) is 4.79 Å². The van der Waals surface area contributed by atoms with Crippen molar-refractivity contribution < 1.29 is 28.6 Å². The molecule has 0 fully saturated rings. The zero-order valence-electron chi connectivity index (χ0n) is 16.1. The fraction of sp³-hybridized carbons (Fsp3) is 0.286. The van der Waals surface area contributed by atoms with Gasteiger partial charge in [-0.1, -0.05) is 6.92 Å². The first-order valence-corrected chi connectivity index (χ1v) is 8.83. The molecule has 28 heavy (non-hydrogen) atoms. The Labute approximate surface area is 163 Å². The average molecular weight is 385 g/mol. The Hall–Kier alpha value is -3.35. The minimum atomic E-state index is -0.651. The molecule has 148 valence electrons. The second-order valence-electron chi connectivity index (χ2n) is 5.97. The summed E-state index contributed by atoms with van der Waals surface area (Å²) in [6, 6.07) is 11.1. The summed E-state index contributed by atoms with van der Waals surface area (Å²) in [6.07, 6.45) is 0.847. The molecule has 0 atom stereocenters. The summed E-state index contributed by atoms with van der Waals surface area (Å²) < 4.78 is 15.8. The summed E-state index contributed by atoms with van der Waals surface area (Å²) in [4.78, 5) is 35.4. The van der Waals surface area contributed by atoms with Crippen molar-refractivity contribution >= 4 is 23.3 Å². The summed E-state index contributed by atoms with van der Waals surface area (Å²) in [5.41, 5.74) is 1.30. The molecule has 0 bridgehead atoms. The number of ether oxygens (including phenoxy) is 3. The third-order valence-corrected chi connectivity index (χ3v) is 3.77. The summed E-state index contributed by atoms with van der Waals surface area (Å²) in [7, 11) is 1.48. The first-order chi connectivity index (χ1) is 13.4. The average Bonchev–Trinajstić information content (AvgIpc) is 2.70. The predicted molar refractivity (Wildman–Crippen MR) is 104 cm³/mol. The smallest absolute Gasteiger partial charge is 0.338 e. The maximum absolute atomic E-state index is 12.2. The maximum Gasteiger partial charge on any atom is 0.338 e. The van der Waals surface area contributed by atoms with E-state index in [0.29, 0.717) is 29.4 Å². The van der Waals surface area contributed by atoms with Crippen molar-refractivity contribution in [2.75, 3.05) is 25.6 Å². The number of ketones is 1. The standard InChI is InChI=1S/C21H23NO6/c1-4-11-27-18-10-7-16(12-19(18)26-3)21(25)28-13-20(24)22-17-8-5-15(6-9-17)14(2)23/h5-10,12H,4,11,13H2,1-3H3,(H,22,24). The molecular weight excluding hydrogens is 362 g/mol. The number of methoxy groups -OCH3 is 1. The van der Waals surface area contributed by atoms with Crippen molar-refractivity contribution in [1.29, 1.82) is 0 Å². The molecule has 1 N–H and O–H groups in total. The van der Waals surface area contributed by atoms with Crippen LogP contribution in [0, 0.1) is 0 Å². The molecule has 0 radical (unpaired) electrons. The van der Waals surface area contributed by atoms with Crippen LogP contribution in [-0.4, -0.2) is 38.0 Å². The monoisotopic (exact) mass is 385 g/mol. The fourth-order valence-corrected chi connectivity index (χ4v) is 2.33. The third kappa shape index (κ3) is 5.84. The number of rotatable bonds is 9. The topological polar surface area (TPSA) is 90.9 Å². The van der Waals surface area contributed by atoms with E-state index in [-0.39, 0.29) is 11.3 Å². The van der Waals surface area contributed by atoms with E-state index in [1.54, 1.807) is 36.4 Å². The van der Waals surface area contributed by atoms with Crippen molar-refractivity contribution in [2.45, 2.75) is 20.3 Å². The minimum absolute atomic E-state index is 0.0617. The fourth-order valence-electron chi connectivity index (χ4n) is 2.33. The lowest BCUT2D eigenvalue weighted by Gasteiger charge is -2.11. The Morgan fingerprint density at radius 2 is 1.64 bits per heavy atom. The Morgan fingerprint density at radius 3 is 2.25 bits per heavy atom. The van der Waals surface area contributed by atoms with Crippen molar-refractivity contribution in [3.8, 4) is 11.5 Å². The SMILES string of the molecule is CCCOc1ccc(C(=O)OCC(=O)Nc2ccc(C(C)=O)cc2)cc1OC. The van der Waals surface area contributed by atoms with Crippen molar-refractivity contribution in [3.05, 3.63) is 53.6 Å². The molecule has 0 saturated heterocycles. The molecule has 0 unspecified atom stereocenters. The third-order valence-electron chi connectivity index (χ3n) is 3.77. The van der Waals surface area contributed by atoms with E-state index in [0.717, 1.165) is 6.42 Å². The van der Waals surface area contributed by atoms with Crippen LogP contribution in [0.25, 0.3) is 0 Å². The molecule has 0 aliphatic carbocycles. The molecule has 2 rings (SSSR count). The first kappa shape index (κ1) is 21.0. The molecule has 0 saturated carbocycles. The van der Waals surface area contributed by atoms with Crippen LogP contribution in [-0.2, 0) is 9.53 Å². The second kappa shape index (κ2) is 10.1. The molecule has 0 spiro atoms. The van der Waals surface area contributed by atoms with Gasteiger partial charge in [-0.05, 0) is 55.8 Å². The largest absolute Gasteiger partial charge is 0.493 e. The van der Waals surface area contributed by atoms with Crippen LogP contribution in [0.3, 0.4) is 0 Å². The van der Waals surface area contributed by atoms with E-state index in [9.17, 15) is 14.4 Å². The van der Waals surface area contributed by atoms with Crippen LogP contribution in [0.2, 0.25) is 0 Å². The lowest BCUT2D eigenvalue weighted by Crippen LogP contribution is -2.21. The maximum atomic E-state index is 12.2. The Morgan fingerprint density at radius 1 is 0.964 bits per heavy atom. The highest BCUT2D eigenvalue weighted by Crippen LogP contribution is 2.28. The van der Waals surface area contributed by atoms with Gasteiger partial charge in [-0.15, -0.1) is 0 Å². The second-order valence-corrected chi connectivity index (χ2v) is 5.97. The number of Topliss-reactive ketones (excluding diaryl/α,β-unsaturated/α-hetero) is 1. The normalized spacial score (nSPS) is 10.1. The van der Waals surface area contributed by atoms with Gasteiger partial charge in [0.25, 0.3) is 5.91 Å². The lowest BCUT2D eigenvalue weighted by atomic mass is 10.1. The van der Waals surface area contributed by atoms with E-state index in [1.165, 1.54) is 20.1 Å². The van der Waals surface area contributed by atoms with E-state index in [4.69, 9.17) is 14.2 Å². The van der Waals surface area contributed by atoms with E-state index >= 15 is 0 Å². The van der Waals surface area contributed by atoms with Gasteiger partial charge in [0, 0.05) is 11.3 Å². The number of carbonyl (C=O) groups excluding carboxylic acids is 3. The zero-order chi connectivity index (χ0) is 20.5. The summed E-state index contributed by atoms with van der Waals surface area (Å²) >= 11 is 0. The number of carbonyl (C=O) groups is 3. The molecular formula is C21H23NO6. The zero-order valence-corrected chi connectivity index (χ0v) is 16.1. The van der Waals surface area contributed by atoms with Gasteiger partial charge in [0.1, 0.15) is 0 Å². The van der Waals surface area contributed by atoms with E-state index < -0.39 is 18.5 Å². The van der Waals surface area contributed by atoms with Crippen LogP contribution >= 0.6 is 0 Å². The molecule has 0 heterocycles. The van der Waals surface area contributed by atoms with Crippen LogP contribution in [0.15, 0.2) is 42.5 Å². The molecule has 7 nitrogen and oxygen atoms in total. The molecule has 2 aromatic carbocycles. The van der Waals surface area contributed by atoms with Crippen LogP contribution in [0.5, 0.6) is 11.5 Å². The Balaban J connectivity index is 1.92. The lowest BCUT2D eigenvalue weighted by molar-refractivity contribution is -0.119. The number of nitrogens with one attached hydrogen (secondary N) is 1. The van der Waals surface area contributed by atoms with Crippen LogP contribution in [0.4, 0.5) is 5.69 Å². The quantitative estimate of drug-likeness (QED) is 0.525. The van der Waals surface area contributed by atoms with E-state index in [1.807, 2.05) is 6.92 Å². The molecule has 1 amide bonds. The van der Waals surface area contributed by atoms with Gasteiger partial charge in [0.05, 0.1) is 19.3 Å². The van der Waals surface area contributed by atoms with Crippen LogP contribution in [0.1, 0.15) is 41.0 Å². The van der Waals surface area contributed by atoms with Gasteiger partial charge >= 0.3 is 5.97 Å². The Bertz CT molecular complexity index is 844. The van der Waals surface area contributed by atoms with Gasteiger partial charge in [-0.2, -0.15) is 0 Å². The highest BCUT2D eigenvalue weighted by Gasteiger charge is 2.14. The number of anilines is 1. The molecule has 0 aromatic heterocycles. The molecule has 7 heteroatoms. The van der Waals surface area contributed by atoms with Gasteiger partial charge in [-0.3, -0.25) is 9.59 Å². The Kier molecular flexibility index (Phi) is 7.56. The molecule has 2 aromatic rings. The number of amides is 1. The van der Waals surface area contributed by atoms with Crippen LogP contribution < -0.4 is 14.8 Å². The highest BCUT2D eigenvalue weighted by molar-refractivity contribution is 5.97. The summed E-state index contributed by atoms with van der Waals surface area (Å²) in [6.45, 7) is 3.54. The molecule has 0 aliphatic heterocycles. The summed E-state index contributed by atoms with van der Waals surface area (Å²) in [5, 5.41) is 2.60. The number of hydrogen-bond acceptors (Lipinski definition) is 6. The molecule has 0 aliphatic rings. The van der Waals surface area contributed by atoms with Gasteiger partial charge in [0.2, 0.25) is 0 Å². The summed E-state index contributed by atoms with van der Waals surface area (Å²) in [5.74, 6) is -0.250. The highest BCUT2D eigenvalue weighted by atomic mass is 16.5. The first-order valence-electron chi connectivity index (χ1n) is 8.83. The van der Waals surface area contributed by atoms with E-state index in [2.05, 4.69) is 5.32 Å². The van der Waals surface area contributed by atoms with Gasteiger partial charge in [0.15, 0.2) is 23.9 Å². The van der Waals surface area contributed by atoms with Gasteiger partial charge < -0.3 is 19.5 Å².